The summed E-state index contributed by atoms with van der Waals surface area (Å²) in [6.45, 7) is 2.12. The Balaban J connectivity index is 2.61. The summed E-state index contributed by atoms with van der Waals surface area (Å²) in [7, 11) is 0. The van der Waals surface area contributed by atoms with Gasteiger partial charge in [0.2, 0.25) is 0 Å². The van der Waals surface area contributed by atoms with E-state index in [4.69, 9.17) is 11.6 Å². The average molecular weight is 203 g/mol. The standard InChI is InChI=1S/C9H12ClFN2/c1-7-9(10)8(3-6-12-7)13-5-2-4-11/h3,6H,2,4-5H2,1H3,(H,12,13). The molecule has 2 nitrogen and oxygen atoms in total. The second-order valence-electron chi connectivity index (χ2n) is 2.73. The third-order valence-corrected chi connectivity index (χ3v) is 2.17. The molecule has 72 valence electrons. The van der Waals surface area contributed by atoms with Crippen molar-refractivity contribution >= 4 is 17.3 Å². The fourth-order valence-electron chi connectivity index (χ4n) is 0.975. The van der Waals surface area contributed by atoms with E-state index < -0.39 is 0 Å². The monoisotopic (exact) mass is 202 g/mol. The zero-order valence-corrected chi connectivity index (χ0v) is 8.24. The normalized spacial score (nSPS) is 10.1. The van der Waals surface area contributed by atoms with Crippen molar-refractivity contribution in [3.63, 3.8) is 0 Å². The Morgan fingerprint density at radius 2 is 2.38 bits per heavy atom. The minimum absolute atomic E-state index is 0.311. The molecule has 0 radical (unpaired) electrons. The van der Waals surface area contributed by atoms with E-state index in [2.05, 4.69) is 10.3 Å². The van der Waals surface area contributed by atoms with Crippen molar-refractivity contribution in [2.75, 3.05) is 18.5 Å². The average Bonchev–Trinajstić information content (AvgIpc) is 2.13. The summed E-state index contributed by atoms with van der Waals surface area (Å²) in [5.74, 6) is 0. The number of pyridine rings is 1. The highest BCUT2D eigenvalue weighted by Crippen LogP contribution is 2.22. The molecular formula is C9H12ClFN2. The van der Waals surface area contributed by atoms with Gasteiger partial charge in [-0.2, -0.15) is 0 Å². The van der Waals surface area contributed by atoms with Crippen LogP contribution in [0, 0.1) is 6.92 Å². The number of rotatable bonds is 4. The summed E-state index contributed by atoms with van der Waals surface area (Å²) in [5, 5.41) is 3.66. The van der Waals surface area contributed by atoms with Gasteiger partial charge in [-0.3, -0.25) is 9.37 Å². The van der Waals surface area contributed by atoms with Crippen LogP contribution in [0.4, 0.5) is 10.1 Å². The lowest BCUT2D eigenvalue weighted by Gasteiger charge is -2.07. The van der Waals surface area contributed by atoms with E-state index in [0.717, 1.165) is 11.4 Å². The van der Waals surface area contributed by atoms with Gasteiger partial charge >= 0.3 is 0 Å². The summed E-state index contributed by atoms with van der Waals surface area (Å²) in [6.07, 6.45) is 2.18. The molecule has 1 rings (SSSR count). The lowest BCUT2D eigenvalue weighted by atomic mass is 10.3. The van der Waals surface area contributed by atoms with Gasteiger partial charge in [-0.1, -0.05) is 11.6 Å². The van der Waals surface area contributed by atoms with Gasteiger partial charge in [0.1, 0.15) is 0 Å². The van der Waals surface area contributed by atoms with Crippen LogP contribution >= 0.6 is 11.6 Å². The summed E-state index contributed by atoms with van der Waals surface area (Å²) in [5.41, 5.74) is 1.61. The van der Waals surface area contributed by atoms with E-state index in [1.807, 2.05) is 6.92 Å². The van der Waals surface area contributed by atoms with Crippen LogP contribution in [-0.2, 0) is 0 Å². The number of halogens is 2. The van der Waals surface area contributed by atoms with Crippen molar-refractivity contribution in [1.29, 1.82) is 0 Å². The molecule has 0 fully saturated rings. The molecule has 1 N–H and O–H groups in total. The highest BCUT2D eigenvalue weighted by atomic mass is 35.5. The highest BCUT2D eigenvalue weighted by molar-refractivity contribution is 6.33. The molecule has 0 saturated heterocycles. The zero-order chi connectivity index (χ0) is 9.68. The van der Waals surface area contributed by atoms with Gasteiger partial charge in [-0.15, -0.1) is 0 Å². The first kappa shape index (κ1) is 10.3. The second-order valence-corrected chi connectivity index (χ2v) is 3.11. The molecule has 0 aliphatic carbocycles. The molecule has 1 aromatic rings. The van der Waals surface area contributed by atoms with Crippen LogP contribution in [0.5, 0.6) is 0 Å². The Kier molecular flexibility index (Phi) is 3.96. The SMILES string of the molecule is Cc1nccc(NCCCF)c1Cl. The molecule has 1 aromatic heterocycles. The van der Waals surface area contributed by atoms with Crippen LogP contribution in [-0.4, -0.2) is 18.2 Å². The van der Waals surface area contributed by atoms with Crippen LogP contribution in [0.2, 0.25) is 5.02 Å². The molecule has 0 bridgehead atoms. The van der Waals surface area contributed by atoms with E-state index in [9.17, 15) is 4.39 Å². The Morgan fingerprint density at radius 1 is 1.62 bits per heavy atom. The third-order valence-electron chi connectivity index (χ3n) is 1.69. The van der Waals surface area contributed by atoms with Crippen molar-refractivity contribution in [1.82, 2.24) is 4.98 Å². The molecule has 0 aliphatic rings. The molecule has 0 aliphatic heterocycles. The number of hydrogen-bond acceptors (Lipinski definition) is 2. The molecule has 0 amide bonds. The highest BCUT2D eigenvalue weighted by Gasteiger charge is 2.01. The van der Waals surface area contributed by atoms with E-state index in [-0.39, 0.29) is 6.67 Å². The quantitative estimate of drug-likeness (QED) is 0.760. The molecule has 0 unspecified atom stereocenters. The molecule has 1 heterocycles. The van der Waals surface area contributed by atoms with Crippen molar-refractivity contribution < 1.29 is 4.39 Å². The Labute approximate surface area is 82.1 Å². The number of aromatic nitrogens is 1. The topological polar surface area (TPSA) is 24.9 Å². The van der Waals surface area contributed by atoms with E-state index in [0.29, 0.717) is 18.0 Å². The Hall–Kier alpha value is -0.830. The minimum Gasteiger partial charge on any atom is -0.384 e. The van der Waals surface area contributed by atoms with Crippen molar-refractivity contribution in [2.24, 2.45) is 0 Å². The van der Waals surface area contributed by atoms with Crippen molar-refractivity contribution in [3.05, 3.63) is 23.0 Å². The first-order valence-electron chi connectivity index (χ1n) is 4.16. The van der Waals surface area contributed by atoms with Crippen molar-refractivity contribution in [2.45, 2.75) is 13.3 Å². The third kappa shape index (κ3) is 2.84. The maximum atomic E-state index is 11.8. The van der Waals surface area contributed by atoms with Crippen LogP contribution < -0.4 is 5.32 Å². The number of hydrogen-bond donors (Lipinski definition) is 1. The summed E-state index contributed by atoms with van der Waals surface area (Å²) in [6, 6.07) is 1.79. The van der Waals surface area contributed by atoms with Gasteiger partial charge in [-0.05, 0) is 19.4 Å². The fraction of sp³-hybridized carbons (Fsp3) is 0.444. The largest absolute Gasteiger partial charge is 0.384 e. The Morgan fingerprint density at radius 3 is 3.08 bits per heavy atom. The number of nitrogens with zero attached hydrogens (tertiary/aromatic N) is 1. The number of alkyl halides is 1. The van der Waals surface area contributed by atoms with Gasteiger partial charge in [0.15, 0.2) is 0 Å². The maximum absolute atomic E-state index is 11.8. The molecule has 13 heavy (non-hydrogen) atoms. The van der Waals surface area contributed by atoms with E-state index >= 15 is 0 Å². The summed E-state index contributed by atoms with van der Waals surface area (Å²) >= 11 is 5.95. The number of aryl methyl sites for hydroxylation is 1. The Bertz CT molecular complexity index is 278. The number of anilines is 1. The molecule has 0 spiro atoms. The molecule has 4 heteroatoms. The maximum Gasteiger partial charge on any atom is 0.0911 e. The van der Waals surface area contributed by atoms with Gasteiger partial charge in [-0.25, -0.2) is 0 Å². The van der Waals surface area contributed by atoms with Crippen molar-refractivity contribution in [3.8, 4) is 0 Å². The van der Waals surface area contributed by atoms with Gasteiger partial charge in [0.05, 0.1) is 23.1 Å². The van der Waals surface area contributed by atoms with Gasteiger partial charge in [0, 0.05) is 12.7 Å². The van der Waals surface area contributed by atoms with E-state index in [1.165, 1.54) is 0 Å². The van der Waals surface area contributed by atoms with Crippen LogP contribution in [0.1, 0.15) is 12.1 Å². The first-order chi connectivity index (χ1) is 6.25. The molecule has 0 saturated carbocycles. The van der Waals surface area contributed by atoms with Crippen LogP contribution in [0.15, 0.2) is 12.3 Å². The fourth-order valence-corrected chi connectivity index (χ4v) is 1.15. The lowest BCUT2D eigenvalue weighted by molar-refractivity contribution is 0.481. The predicted molar refractivity (Wildman–Crippen MR) is 53.1 cm³/mol. The lowest BCUT2D eigenvalue weighted by Crippen LogP contribution is -2.03. The van der Waals surface area contributed by atoms with Gasteiger partial charge < -0.3 is 5.32 Å². The number of nitrogens with one attached hydrogen (secondary N) is 1. The second kappa shape index (κ2) is 5.02. The smallest absolute Gasteiger partial charge is 0.0911 e. The van der Waals surface area contributed by atoms with E-state index in [1.54, 1.807) is 12.3 Å². The van der Waals surface area contributed by atoms with Gasteiger partial charge in [0.25, 0.3) is 0 Å². The summed E-state index contributed by atoms with van der Waals surface area (Å²) in [4.78, 5) is 4.02. The van der Waals surface area contributed by atoms with Crippen LogP contribution in [0.25, 0.3) is 0 Å². The van der Waals surface area contributed by atoms with Crippen LogP contribution in [0.3, 0.4) is 0 Å². The molecule has 0 aromatic carbocycles. The zero-order valence-electron chi connectivity index (χ0n) is 7.48. The molecular weight excluding hydrogens is 191 g/mol. The molecule has 0 atom stereocenters. The minimum atomic E-state index is -0.311. The predicted octanol–water partition coefficient (Wildman–Crippen LogP) is 2.81. The first-order valence-corrected chi connectivity index (χ1v) is 4.54. The summed E-state index contributed by atoms with van der Waals surface area (Å²) < 4.78 is 11.8.